The number of aromatic carboxylic acids is 1. The average molecular weight is 352 g/mol. The summed E-state index contributed by atoms with van der Waals surface area (Å²) in [6, 6.07) is 1.82. The number of hydrogen-bond acceptors (Lipinski definition) is 6. The fourth-order valence-corrected chi connectivity index (χ4v) is 3.29. The SMILES string of the molecule is Cc1nnc(NS(=O)(=O)c2ccc(Cl)c(C(=O)O)c2Cl)o1. The third-order valence-electron chi connectivity index (χ3n) is 2.31. The molecule has 0 aliphatic heterocycles. The van der Waals surface area contributed by atoms with E-state index in [1.165, 1.54) is 6.92 Å². The van der Waals surface area contributed by atoms with Gasteiger partial charge in [-0.25, -0.2) is 17.9 Å². The Balaban J connectivity index is 2.50. The van der Waals surface area contributed by atoms with Gasteiger partial charge in [0.15, 0.2) is 0 Å². The minimum absolute atomic E-state index is 0.154. The van der Waals surface area contributed by atoms with E-state index in [1.54, 1.807) is 0 Å². The van der Waals surface area contributed by atoms with E-state index in [9.17, 15) is 13.2 Å². The number of carboxylic acids is 1. The van der Waals surface area contributed by atoms with Crippen molar-refractivity contribution in [2.75, 3.05) is 4.72 Å². The molecule has 0 fully saturated rings. The predicted octanol–water partition coefficient (Wildman–Crippen LogP) is 2.18. The van der Waals surface area contributed by atoms with Gasteiger partial charge in [-0.1, -0.05) is 28.3 Å². The van der Waals surface area contributed by atoms with Crippen molar-refractivity contribution >= 4 is 45.2 Å². The highest BCUT2D eigenvalue weighted by atomic mass is 35.5. The van der Waals surface area contributed by atoms with Crippen molar-refractivity contribution in [3.63, 3.8) is 0 Å². The van der Waals surface area contributed by atoms with Gasteiger partial charge in [0.25, 0.3) is 10.0 Å². The molecule has 0 atom stereocenters. The Bertz CT molecular complexity index is 818. The van der Waals surface area contributed by atoms with Gasteiger partial charge in [0.2, 0.25) is 5.89 Å². The average Bonchev–Trinajstić information content (AvgIpc) is 2.72. The van der Waals surface area contributed by atoms with Crippen LogP contribution in [0.3, 0.4) is 0 Å². The molecule has 0 aliphatic carbocycles. The Morgan fingerprint density at radius 2 is 2.00 bits per heavy atom. The third-order valence-corrected chi connectivity index (χ3v) is 4.49. The topological polar surface area (TPSA) is 122 Å². The van der Waals surface area contributed by atoms with Crippen LogP contribution in [0.15, 0.2) is 21.4 Å². The fourth-order valence-electron chi connectivity index (χ4n) is 1.44. The van der Waals surface area contributed by atoms with Crippen molar-refractivity contribution < 1.29 is 22.7 Å². The molecule has 0 bridgehead atoms. The van der Waals surface area contributed by atoms with Crippen molar-refractivity contribution in [1.29, 1.82) is 0 Å². The van der Waals surface area contributed by atoms with E-state index in [2.05, 4.69) is 10.2 Å². The molecule has 0 radical (unpaired) electrons. The van der Waals surface area contributed by atoms with Crippen molar-refractivity contribution in [3.05, 3.63) is 33.6 Å². The van der Waals surface area contributed by atoms with Gasteiger partial charge in [-0.15, -0.1) is 5.10 Å². The molecule has 0 unspecified atom stereocenters. The maximum atomic E-state index is 12.2. The molecule has 1 aromatic carbocycles. The summed E-state index contributed by atoms with van der Waals surface area (Å²) in [4.78, 5) is 10.6. The highest BCUT2D eigenvalue weighted by Gasteiger charge is 2.26. The van der Waals surface area contributed by atoms with Crippen LogP contribution < -0.4 is 4.72 Å². The molecule has 11 heteroatoms. The molecule has 2 N–H and O–H groups in total. The van der Waals surface area contributed by atoms with Gasteiger partial charge in [-0.05, 0) is 12.1 Å². The number of carbonyl (C=O) groups is 1. The van der Waals surface area contributed by atoms with E-state index in [0.29, 0.717) is 0 Å². The van der Waals surface area contributed by atoms with Gasteiger partial charge in [-0.2, -0.15) is 0 Å². The number of hydrogen-bond donors (Lipinski definition) is 2. The summed E-state index contributed by atoms with van der Waals surface area (Å²) in [7, 11) is -4.20. The van der Waals surface area contributed by atoms with Crippen molar-refractivity contribution in [3.8, 4) is 0 Å². The van der Waals surface area contributed by atoms with Crippen molar-refractivity contribution in [1.82, 2.24) is 10.2 Å². The second-order valence-corrected chi connectivity index (χ2v) is 6.21. The highest BCUT2D eigenvalue weighted by Crippen LogP contribution is 2.31. The Hall–Kier alpha value is -1.84. The number of anilines is 1. The summed E-state index contributed by atoms with van der Waals surface area (Å²) in [5.74, 6) is -1.29. The molecule has 2 rings (SSSR count). The van der Waals surface area contributed by atoms with Gasteiger partial charge in [0, 0.05) is 6.92 Å². The van der Waals surface area contributed by atoms with E-state index >= 15 is 0 Å². The molecule has 0 saturated heterocycles. The Kier molecular flexibility index (Phi) is 4.08. The van der Waals surface area contributed by atoms with Crippen molar-refractivity contribution in [2.45, 2.75) is 11.8 Å². The Morgan fingerprint density at radius 3 is 2.52 bits per heavy atom. The van der Waals surface area contributed by atoms with E-state index in [-0.39, 0.29) is 16.9 Å². The number of benzene rings is 1. The molecule has 112 valence electrons. The molecule has 0 amide bonds. The lowest BCUT2D eigenvalue weighted by atomic mass is 10.2. The molecule has 1 aromatic heterocycles. The van der Waals surface area contributed by atoms with Crippen LogP contribution in [0.4, 0.5) is 6.01 Å². The van der Waals surface area contributed by atoms with Crippen LogP contribution in [0.1, 0.15) is 16.2 Å². The number of halogens is 2. The number of aromatic nitrogens is 2. The maximum absolute atomic E-state index is 12.2. The fraction of sp³-hybridized carbons (Fsp3) is 0.100. The number of aryl methyl sites for hydroxylation is 1. The van der Waals surface area contributed by atoms with Crippen LogP contribution in [0.25, 0.3) is 0 Å². The van der Waals surface area contributed by atoms with Crippen LogP contribution in [0.5, 0.6) is 0 Å². The van der Waals surface area contributed by atoms with Gasteiger partial charge >= 0.3 is 12.0 Å². The van der Waals surface area contributed by atoms with Crippen LogP contribution in [-0.4, -0.2) is 29.7 Å². The maximum Gasteiger partial charge on any atom is 0.338 e. The molecule has 0 spiro atoms. The zero-order chi connectivity index (χ0) is 15.8. The van der Waals surface area contributed by atoms with E-state index in [4.69, 9.17) is 32.7 Å². The van der Waals surface area contributed by atoms with E-state index < -0.39 is 31.5 Å². The lowest BCUT2D eigenvalue weighted by molar-refractivity contribution is 0.0697. The molecule has 0 saturated carbocycles. The first-order valence-electron chi connectivity index (χ1n) is 5.26. The van der Waals surface area contributed by atoms with Crippen LogP contribution in [-0.2, 0) is 10.0 Å². The van der Waals surface area contributed by atoms with Crippen molar-refractivity contribution in [2.24, 2.45) is 0 Å². The first kappa shape index (κ1) is 15.5. The smallest absolute Gasteiger partial charge is 0.338 e. The quantitative estimate of drug-likeness (QED) is 0.865. The van der Waals surface area contributed by atoms with Crippen LogP contribution >= 0.6 is 23.2 Å². The van der Waals surface area contributed by atoms with Gasteiger partial charge in [0.05, 0.1) is 15.6 Å². The Morgan fingerprint density at radius 1 is 1.33 bits per heavy atom. The van der Waals surface area contributed by atoms with Gasteiger partial charge in [-0.3, -0.25) is 0 Å². The largest absolute Gasteiger partial charge is 0.478 e. The van der Waals surface area contributed by atoms with E-state index in [0.717, 1.165) is 12.1 Å². The lowest BCUT2D eigenvalue weighted by Gasteiger charge is -2.09. The lowest BCUT2D eigenvalue weighted by Crippen LogP contribution is -2.15. The number of carboxylic acid groups (broad SMARTS) is 1. The van der Waals surface area contributed by atoms with Crippen LogP contribution in [0.2, 0.25) is 10.0 Å². The summed E-state index contributed by atoms with van der Waals surface area (Å²) in [5.41, 5.74) is -0.511. The monoisotopic (exact) mass is 351 g/mol. The standard InChI is InChI=1S/C10H7Cl2N3O5S/c1-4-13-14-10(20-4)15-21(18,19)6-3-2-5(11)7(8(6)12)9(16)17/h2-3H,1H3,(H,14,15)(H,16,17). The second-order valence-electron chi connectivity index (χ2n) is 3.77. The minimum atomic E-state index is -4.20. The molecular weight excluding hydrogens is 345 g/mol. The molecule has 0 aliphatic rings. The normalized spacial score (nSPS) is 11.4. The summed E-state index contributed by atoms with van der Waals surface area (Å²) in [6.07, 6.45) is 0. The zero-order valence-corrected chi connectivity index (χ0v) is 12.6. The van der Waals surface area contributed by atoms with Gasteiger partial charge < -0.3 is 9.52 Å². The summed E-state index contributed by atoms with van der Waals surface area (Å²) in [5, 5.41) is 15.2. The molecule has 21 heavy (non-hydrogen) atoms. The molecule has 8 nitrogen and oxygen atoms in total. The third kappa shape index (κ3) is 3.09. The van der Waals surface area contributed by atoms with Crippen LogP contribution in [0, 0.1) is 6.92 Å². The predicted molar refractivity (Wildman–Crippen MR) is 73.3 cm³/mol. The number of sulfonamides is 1. The summed E-state index contributed by atoms with van der Waals surface area (Å²) < 4.78 is 31.2. The highest BCUT2D eigenvalue weighted by molar-refractivity contribution is 7.92. The zero-order valence-electron chi connectivity index (χ0n) is 10.3. The van der Waals surface area contributed by atoms with E-state index in [1.807, 2.05) is 4.72 Å². The number of rotatable bonds is 4. The minimum Gasteiger partial charge on any atom is -0.478 e. The summed E-state index contributed by atoms with van der Waals surface area (Å²) in [6.45, 7) is 1.47. The molecule has 2 aromatic rings. The Labute approximate surface area is 128 Å². The first-order valence-corrected chi connectivity index (χ1v) is 7.50. The summed E-state index contributed by atoms with van der Waals surface area (Å²) >= 11 is 11.5. The molecule has 1 heterocycles. The number of nitrogens with one attached hydrogen (secondary N) is 1. The second kappa shape index (κ2) is 5.51. The van der Waals surface area contributed by atoms with Gasteiger partial charge in [0.1, 0.15) is 4.90 Å². The first-order chi connectivity index (χ1) is 9.72. The number of nitrogens with zero attached hydrogens (tertiary/aromatic N) is 2. The molecular formula is C10H7Cl2N3O5S.